The zero-order valence-corrected chi connectivity index (χ0v) is 27.6. The topological polar surface area (TPSA) is 154 Å². The standard InChI is InChI=1S/C36H33F3N6O5/c1-5-6-22-15-24(36(37,38)39)9-12-28(22)42-34(50)35(3,4)41-17-23(20(2)40)8-7-21-18-44(19-21)25-10-11-26-27(16-25)33(49)45(32(26)48)29-13-14-30(46)43-31(29)47/h9-12,15-17,21,29H,13-14,18-19,40H2,1-4H3,(H,42,50)(H,43,46,47). The summed E-state index contributed by atoms with van der Waals surface area (Å²) in [7, 11) is 0. The number of piperidine rings is 1. The summed E-state index contributed by atoms with van der Waals surface area (Å²) in [6.45, 7) is 7.21. The molecule has 3 aliphatic rings. The first-order chi connectivity index (χ1) is 23.5. The van der Waals surface area contributed by atoms with Crippen molar-refractivity contribution in [2.75, 3.05) is 23.3 Å². The van der Waals surface area contributed by atoms with Gasteiger partial charge in [0.2, 0.25) is 11.8 Å². The lowest BCUT2D eigenvalue weighted by Gasteiger charge is -2.38. The number of fused-ring (bicyclic) bond motifs is 1. The smallest absolute Gasteiger partial charge is 0.401 e. The molecule has 5 amide bonds. The van der Waals surface area contributed by atoms with Gasteiger partial charge in [-0.15, -0.1) is 5.92 Å². The summed E-state index contributed by atoms with van der Waals surface area (Å²) in [5.41, 5.74) is 5.77. The summed E-state index contributed by atoms with van der Waals surface area (Å²) >= 11 is 0. The van der Waals surface area contributed by atoms with Gasteiger partial charge in [0.25, 0.3) is 17.7 Å². The summed E-state index contributed by atoms with van der Waals surface area (Å²) in [6, 6.07) is 6.74. The molecule has 14 heteroatoms. The fourth-order valence-corrected chi connectivity index (χ4v) is 5.48. The molecule has 2 fully saturated rings. The predicted molar refractivity (Wildman–Crippen MR) is 179 cm³/mol. The summed E-state index contributed by atoms with van der Waals surface area (Å²) in [4.78, 5) is 70.4. The number of amides is 5. The second-order valence-corrected chi connectivity index (χ2v) is 12.5. The van der Waals surface area contributed by atoms with Crippen molar-refractivity contribution in [3.05, 3.63) is 69.9 Å². The molecule has 0 bridgehead atoms. The highest BCUT2D eigenvalue weighted by Gasteiger charge is 2.45. The van der Waals surface area contributed by atoms with Gasteiger partial charge >= 0.3 is 6.18 Å². The number of nitrogens with one attached hydrogen (secondary N) is 2. The fraction of sp³-hybridized carbons (Fsp3) is 0.333. The van der Waals surface area contributed by atoms with Gasteiger partial charge in [0, 0.05) is 42.7 Å². The molecule has 258 valence electrons. The fourth-order valence-electron chi connectivity index (χ4n) is 5.48. The number of nitrogens with zero attached hydrogens (tertiary/aromatic N) is 3. The summed E-state index contributed by atoms with van der Waals surface area (Å²) in [6.07, 6.45) is -3.07. The van der Waals surface area contributed by atoms with E-state index in [0.717, 1.165) is 23.1 Å². The molecule has 0 spiro atoms. The van der Waals surface area contributed by atoms with Gasteiger partial charge < -0.3 is 16.0 Å². The first-order valence-corrected chi connectivity index (χ1v) is 15.6. The van der Waals surface area contributed by atoms with Gasteiger partial charge in [-0.1, -0.05) is 17.8 Å². The Morgan fingerprint density at radius 1 is 1.06 bits per heavy atom. The number of nitrogens with two attached hydrogens (primary N) is 1. The number of anilines is 2. The van der Waals surface area contributed by atoms with E-state index in [0.29, 0.717) is 30.0 Å². The Labute approximate surface area is 286 Å². The largest absolute Gasteiger partial charge is 0.416 e. The molecule has 0 radical (unpaired) electrons. The third-order valence-corrected chi connectivity index (χ3v) is 8.43. The average Bonchev–Trinajstić information content (AvgIpc) is 3.26. The van der Waals surface area contributed by atoms with Crippen molar-refractivity contribution in [3.63, 3.8) is 0 Å². The second-order valence-electron chi connectivity index (χ2n) is 12.5. The summed E-state index contributed by atoms with van der Waals surface area (Å²) in [5.74, 6) is 8.36. The molecule has 3 heterocycles. The van der Waals surface area contributed by atoms with Crippen molar-refractivity contribution in [2.24, 2.45) is 16.6 Å². The normalized spacial score (nSPS) is 18.4. The molecule has 11 nitrogen and oxygen atoms in total. The number of carbonyl (C=O) groups is 5. The molecule has 5 rings (SSSR count). The van der Waals surface area contributed by atoms with Crippen molar-refractivity contribution in [2.45, 2.75) is 58.3 Å². The van der Waals surface area contributed by atoms with Crippen molar-refractivity contribution in [1.82, 2.24) is 10.2 Å². The van der Waals surface area contributed by atoms with Crippen LogP contribution in [0.4, 0.5) is 24.5 Å². The summed E-state index contributed by atoms with van der Waals surface area (Å²) < 4.78 is 39.6. The van der Waals surface area contributed by atoms with Crippen LogP contribution in [0.1, 0.15) is 72.4 Å². The zero-order valence-electron chi connectivity index (χ0n) is 27.6. The van der Waals surface area contributed by atoms with Crippen LogP contribution >= 0.6 is 0 Å². The van der Waals surface area contributed by atoms with Gasteiger partial charge in [-0.2, -0.15) is 13.2 Å². The number of halogens is 3. The van der Waals surface area contributed by atoms with Crippen LogP contribution in [0.15, 0.2) is 52.7 Å². The Bertz CT molecular complexity index is 2000. The van der Waals surface area contributed by atoms with Crippen LogP contribution in [0.25, 0.3) is 0 Å². The van der Waals surface area contributed by atoms with E-state index < -0.39 is 52.9 Å². The van der Waals surface area contributed by atoms with Crippen molar-refractivity contribution >= 4 is 47.1 Å². The van der Waals surface area contributed by atoms with Crippen molar-refractivity contribution in [3.8, 4) is 23.7 Å². The monoisotopic (exact) mass is 686 g/mol. The Balaban J connectivity index is 1.22. The Hall–Kier alpha value is -5.89. The first-order valence-electron chi connectivity index (χ1n) is 15.6. The van der Waals surface area contributed by atoms with Crippen LogP contribution in [0.3, 0.4) is 0 Å². The van der Waals surface area contributed by atoms with Crippen molar-refractivity contribution < 1.29 is 37.1 Å². The van der Waals surface area contributed by atoms with Gasteiger partial charge in [0.05, 0.1) is 33.9 Å². The third kappa shape index (κ3) is 7.25. The van der Waals surface area contributed by atoms with Crippen LogP contribution in [-0.2, 0) is 20.6 Å². The highest BCUT2D eigenvalue weighted by molar-refractivity contribution is 6.23. The SMILES string of the molecule is CC#Cc1cc(C(F)(F)F)ccc1NC(=O)C(C)(C)N=CC(C#CC1CN(c2ccc3c(c2)C(=O)N(C2CCC(=O)NC2=O)C3=O)C1)=C(C)N. The molecule has 1 atom stereocenters. The number of imide groups is 2. The number of alkyl halides is 3. The highest BCUT2D eigenvalue weighted by Crippen LogP contribution is 2.34. The molecular formula is C36H33F3N6O5. The zero-order chi connectivity index (χ0) is 36.5. The molecule has 0 aliphatic carbocycles. The molecule has 4 N–H and O–H groups in total. The van der Waals surface area contributed by atoms with E-state index in [9.17, 15) is 37.1 Å². The van der Waals surface area contributed by atoms with Crippen LogP contribution < -0.4 is 21.3 Å². The lowest BCUT2D eigenvalue weighted by Crippen LogP contribution is -2.54. The third-order valence-electron chi connectivity index (χ3n) is 8.43. The van der Waals surface area contributed by atoms with E-state index in [1.54, 1.807) is 25.1 Å². The van der Waals surface area contributed by atoms with Gasteiger partial charge in [-0.3, -0.25) is 39.2 Å². The van der Waals surface area contributed by atoms with E-state index in [1.807, 2.05) is 4.90 Å². The van der Waals surface area contributed by atoms with E-state index in [1.165, 1.54) is 27.0 Å². The maximum atomic E-state index is 13.2. The molecule has 3 aliphatic heterocycles. The van der Waals surface area contributed by atoms with Gasteiger partial charge in [-0.25, -0.2) is 0 Å². The Kier molecular flexibility index (Phi) is 9.60. The van der Waals surface area contributed by atoms with Crippen LogP contribution in [0.2, 0.25) is 0 Å². The molecule has 2 aromatic rings. The van der Waals surface area contributed by atoms with E-state index in [4.69, 9.17) is 5.73 Å². The maximum Gasteiger partial charge on any atom is 0.416 e. The van der Waals surface area contributed by atoms with E-state index in [-0.39, 0.29) is 41.1 Å². The minimum absolute atomic E-state index is 0.0171. The number of rotatable bonds is 6. The lowest BCUT2D eigenvalue weighted by molar-refractivity contribution is -0.138. The van der Waals surface area contributed by atoms with E-state index >= 15 is 0 Å². The predicted octanol–water partition coefficient (Wildman–Crippen LogP) is 3.64. The number of carbonyl (C=O) groups excluding carboxylic acids is 5. The molecule has 50 heavy (non-hydrogen) atoms. The molecule has 2 saturated heterocycles. The van der Waals surface area contributed by atoms with Crippen LogP contribution in [0, 0.1) is 29.6 Å². The molecule has 0 saturated carbocycles. The molecule has 0 aromatic heterocycles. The number of aliphatic imine (C=N–C) groups is 1. The number of benzene rings is 2. The van der Waals surface area contributed by atoms with Crippen LogP contribution in [0.5, 0.6) is 0 Å². The van der Waals surface area contributed by atoms with Gasteiger partial charge in [0.15, 0.2) is 0 Å². The van der Waals surface area contributed by atoms with Crippen LogP contribution in [-0.4, -0.2) is 65.3 Å². The van der Waals surface area contributed by atoms with Gasteiger partial charge in [-0.05, 0) is 70.5 Å². The summed E-state index contributed by atoms with van der Waals surface area (Å²) in [5, 5.41) is 4.79. The highest BCUT2D eigenvalue weighted by atomic mass is 19.4. The number of allylic oxidation sites excluding steroid dienone is 2. The second kappa shape index (κ2) is 13.6. The quantitative estimate of drug-likeness (QED) is 0.238. The number of hydrogen-bond donors (Lipinski definition) is 3. The Morgan fingerprint density at radius 2 is 1.76 bits per heavy atom. The van der Waals surface area contributed by atoms with E-state index in [2.05, 4.69) is 39.3 Å². The minimum Gasteiger partial charge on any atom is -0.401 e. The minimum atomic E-state index is -4.56. The Morgan fingerprint density at radius 3 is 2.40 bits per heavy atom. The van der Waals surface area contributed by atoms with Gasteiger partial charge in [0.1, 0.15) is 11.6 Å². The average molecular weight is 687 g/mol. The molecule has 1 unspecified atom stereocenters. The first kappa shape index (κ1) is 35.4. The molecular weight excluding hydrogens is 653 g/mol. The molecule has 2 aromatic carbocycles. The van der Waals surface area contributed by atoms with Crippen molar-refractivity contribution in [1.29, 1.82) is 0 Å². The lowest BCUT2D eigenvalue weighted by atomic mass is 9.98. The maximum absolute atomic E-state index is 13.2. The number of hydrogen-bond acceptors (Lipinski definition) is 8.